The molecule has 1 unspecified atom stereocenters. The predicted octanol–water partition coefficient (Wildman–Crippen LogP) is 3.77. The fourth-order valence-electron chi connectivity index (χ4n) is 3.74. The van der Waals surface area contributed by atoms with E-state index in [-0.39, 0.29) is 0 Å². The molecule has 0 saturated heterocycles. The Labute approximate surface area is 126 Å². The summed E-state index contributed by atoms with van der Waals surface area (Å²) in [5, 5.41) is 20.5. The number of aliphatic hydroxyl groups is 1. The van der Waals surface area contributed by atoms with Crippen molar-refractivity contribution < 1.29 is 9.84 Å². The highest BCUT2D eigenvalue weighted by molar-refractivity contribution is 5.41. The zero-order valence-electron chi connectivity index (χ0n) is 12.6. The normalized spacial score (nSPS) is 29.3. The quantitative estimate of drug-likeness (QED) is 0.919. The zero-order chi connectivity index (χ0) is 14.9. The molecule has 1 N–H and O–H groups in total. The smallest absolute Gasteiger partial charge is 0.122 e. The largest absolute Gasteiger partial charge is 0.493 e. The Morgan fingerprint density at radius 3 is 2.86 bits per heavy atom. The summed E-state index contributed by atoms with van der Waals surface area (Å²) in [7, 11) is 0. The predicted molar refractivity (Wildman–Crippen MR) is 80.9 cm³/mol. The molecule has 3 rings (SSSR count). The van der Waals surface area contributed by atoms with E-state index in [0.717, 1.165) is 55.6 Å². The van der Waals surface area contributed by atoms with E-state index in [1.807, 2.05) is 18.2 Å². The Hall–Kier alpha value is -1.53. The van der Waals surface area contributed by atoms with Gasteiger partial charge in [0, 0.05) is 6.42 Å². The van der Waals surface area contributed by atoms with E-state index >= 15 is 0 Å². The van der Waals surface area contributed by atoms with Gasteiger partial charge in [0.2, 0.25) is 0 Å². The van der Waals surface area contributed by atoms with Gasteiger partial charge in [-0.1, -0.05) is 19.4 Å². The minimum absolute atomic E-state index is 0.612. The zero-order valence-corrected chi connectivity index (χ0v) is 12.6. The molecule has 0 radical (unpaired) electrons. The molecule has 0 amide bonds. The van der Waals surface area contributed by atoms with Crippen molar-refractivity contribution in [2.75, 3.05) is 6.61 Å². The van der Waals surface area contributed by atoms with Gasteiger partial charge in [-0.05, 0) is 54.9 Å². The number of fused-ring (bicyclic) bond motifs is 1. The Morgan fingerprint density at radius 1 is 1.43 bits per heavy atom. The number of hydrogen-bond acceptors (Lipinski definition) is 3. The lowest BCUT2D eigenvalue weighted by Crippen LogP contribution is -2.32. The maximum absolute atomic E-state index is 10.8. The number of nitriles is 1. The molecule has 1 aliphatic carbocycles. The number of nitrogens with zero attached hydrogens (tertiary/aromatic N) is 1. The van der Waals surface area contributed by atoms with E-state index < -0.39 is 11.5 Å². The van der Waals surface area contributed by atoms with E-state index in [9.17, 15) is 10.4 Å². The lowest BCUT2D eigenvalue weighted by molar-refractivity contribution is 0.0242. The van der Waals surface area contributed by atoms with Crippen LogP contribution in [0.25, 0.3) is 0 Å². The van der Waals surface area contributed by atoms with Crippen LogP contribution in [0.1, 0.15) is 56.3 Å². The van der Waals surface area contributed by atoms with Gasteiger partial charge in [-0.3, -0.25) is 0 Å². The van der Waals surface area contributed by atoms with Gasteiger partial charge in [0.1, 0.15) is 5.75 Å². The fourth-order valence-corrected chi connectivity index (χ4v) is 3.74. The summed E-state index contributed by atoms with van der Waals surface area (Å²) in [5.41, 5.74) is 1.41. The number of hydrogen-bond donors (Lipinski definition) is 1. The van der Waals surface area contributed by atoms with Crippen molar-refractivity contribution >= 4 is 0 Å². The monoisotopic (exact) mass is 285 g/mol. The third-order valence-corrected chi connectivity index (χ3v) is 5.35. The molecule has 21 heavy (non-hydrogen) atoms. The second-order valence-corrected chi connectivity index (χ2v) is 6.49. The molecular weight excluding hydrogens is 262 g/mol. The molecule has 1 saturated carbocycles. The van der Waals surface area contributed by atoms with Crippen LogP contribution in [0.4, 0.5) is 0 Å². The Kier molecular flexibility index (Phi) is 3.91. The molecule has 3 heteroatoms. The van der Waals surface area contributed by atoms with Crippen LogP contribution in [0.5, 0.6) is 5.75 Å². The molecule has 0 spiro atoms. The molecule has 112 valence electrons. The van der Waals surface area contributed by atoms with Crippen molar-refractivity contribution in [3.63, 3.8) is 0 Å². The van der Waals surface area contributed by atoms with E-state index in [0.29, 0.717) is 5.92 Å². The minimum Gasteiger partial charge on any atom is -0.493 e. The first-order valence-electron chi connectivity index (χ1n) is 8.03. The van der Waals surface area contributed by atoms with Crippen molar-refractivity contribution in [2.24, 2.45) is 11.3 Å². The van der Waals surface area contributed by atoms with Gasteiger partial charge in [-0.15, -0.1) is 0 Å². The third kappa shape index (κ3) is 2.53. The second-order valence-electron chi connectivity index (χ2n) is 6.49. The first kappa shape index (κ1) is 14.4. The fraction of sp³-hybridized carbons (Fsp3) is 0.611. The van der Waals surface area contributed by atoms with Crippen molar-refractivity contribution in [1.29, 1.82) is 5.26 Å². The summed E-state index contributed by atoms with van der Waals surface area (Å²) in [6.07, 6.45) is 5.09. The summed E-state index contributed by atoms with van der Waals surface area (Å²) in [5.74, 6) is 1.64. The van der Waals surface area contributed by atoms with Gasteiger partial charge < -0.3 is 9.84 Å². The van der Waals surface area contributed by atoms with Crippen LogP contribution < -0.4 is 4.74 Å². The average molecular weight is 285 g/mol. The Balaban J connectivity index is 1.83. The Bertz CT molecular complexity index is 553. The van der Waals surface area contributed by atoms with Gasteiger partial charge in [-0.2, -0.15) is 5.26 Å². The number of aliphatic hydroxyl groups excluding tert-OH is 1. The molecule has 0 aromatic heterocycles. The standard InChI is InChI=1S/C18H23NO2/c1-2-13-5-8-18(12-19,9-6-13)17(20)15-3-4-16-14(11-15)7-10-21-16/h3-4,11,13,17,20H,2,5-10H2,1H3. The maximum atomic E-state index is 10.8. The van der Waals surface area contributed by atoms with Crippen molar-refractivity contribution in [2.45, 2.75) is 51.6 Å². The summed E-state index contributed by atoms with van der Waals surface area (Å²) in [4.78, 5) is 0. The van der Waals surface area contributed by atoms with E-state index in [1.165, 1.54) is 6.42 Å². The highest BCUT2D eigenvalue weighted by Gasteiger charge is 2.42. The molecule has 1 heterocycles. The van der Waals surface area contributed by atoms with Crippen LogP contribution in [-0.2, 0) is 6.42 Å². The van der Waals surface area contributed by atoms with Gasteiger partial charge in [0.25, 0.3) is 0 Å². The third-order valence-electron chi connectivity index (χ3n) is 5.35. The lowest BCUT2D eigenvalue weighted by atomic mass is 9.66. The molecule has 1 aliphatic heterocycles. The van der Waals surface area contributed by atoms with Crippen LogP contribution in [0, 0.1) is 22.7 Å². The van der Waals surface area contributed by atoms with E-state index in [1.54, 1.807) is 0 Å². The van der Waals surface area contributed by atoms with Crippen LogP contribution in [0.2, 0.25) is 0 Å². The molecule has 2 aliphatic rings. The molecule has 0 bridgehead atoms. The first-order chi connectivity index (χ1) is 10.2. The number of rotatable bonds is 3. The highest BCUT2D eigenvalue weighted by Crippen LogP contribution is 2.48. The van der Waals surface area contributed by atoms with E-state index in [4.69, 9.17) is 4.74 Å². The molecule has 1 fully saturated rings. The molecule has 3 nitrogen and oxygen atoms in total. The summed E-state index contributed by atoms with van der Waals surface area (Å²) in [6, 6.07) is 8.32. The topological polar surface area (TPSA) is 53.2 Å². The average Bonchev–Trinajstić information content (AvgIpc) is 3.01. The molecular formula is C18H23NO2. The van der Waals surface area contributed by atoms with Gasteiger partial charge in [0.15, 0.2) is 0 Å². The first-order valence-corrected chi connectivity index (χ1v) is 8.03. The van der Waals surface area contributed by atoms with Gasteiger partial charge in [-0.25, -0.2) is 0 Å². The molecule has 1 atom stereocenters. The van der Waals surface area contributed by atoms with Crippen molar-refractivity contribution in [3.8, 4) is 11.8 Å². The van der Waals surface area contributed by atoms with E-state index in [2.05, 4.69) is 13.0 Å². The summed E-state index contributed by atoms with van der Waals surface area (Å²) < 4.78 is 5.51. The van der Waals surface area contributed by atoms with Crippen molar-refractivity contribution in [1.82, 2.24) is 0 Å². The van der Waals surface area contributed by atoms with Crippen LogP contribution in [-0.4, -0.2) is 11.7 Å². The summed E-state index contributed by atoms with van der Waals surface area (Å²) in [6.45, 7) is 2.93. The molecule has 1 aromatic carbocycles. The summed E-state index contributed by atoms with van der Waals surface area (Å²) >= 11 is 0. The Morgan fingerprint density at radius 2 is 2.19 bits per heavy atom. The lowest BCUT2D eigenvalue weighted by Gasteiger charge is -2.38. The van der Waals surface area contributed by atoms with Gasteiger partial charge in [0.05, 0.1) is 24.2 Å². The van der Waals surface area contributed by atoms with Gasteiger partial charge >= 0.3 is 0 Å². The minimum atomic E-state index is -0.689. The molecule has 1 aromatic rings. The van der Waals surface area contributed by atoms with Crippen molar-refractivity contribution in [3.05, 3.63) is 29.3 Å². The van der Waals surface area contributed by atoms with Crippen LogP contribution in [0.15, 0.2) is 18.2 Å². The van der Waals surface area contributed by atoms with Crippen LogP contribution in [0.3, 0.4) is 0 Å². The highest BCUT2D eigenvalue weighted by atomic mass is 16.5. The maximum Gasteiger partial charge on any atom is 0.122 e. The van der Waals surface area contributed by atoms with Crippen LogP contribution >= 0.6 is 0 Å². The SMILES string of the molecule is CCC1CCC(C#N)(C(O)c2ccc3c(c2)CCO3)CC1. The second kappa shape index (κ2) is 5.69. The number of ether oxygens (including phenoxy) is 1. The number of benzene rings is 1.